The van der Waals surface area contributed by atoms with E-state index in [0.29, 0.717) is 39.6 Å². The number of amides is 2. The molecular weight excluding hydrogens is 925 g/mol. The maximum Gasteiger partial charge on any atom is 0.234 e. The molecule has 2 saturated heterocycles. The van der Waals surface area contributed by atoms with Gasteiger partial charge in [0.25, 0.3) is 0 Å². The predicted octanol–water partition coefficient (Wildman–Crippen LogP) is 12.9. The van der Waals surface area contributed by atoms with Crippen molar-refractivity contribution in [3.05, 3.63) is 166 Å². The summed E-state index contributed by atoms with van der Waals surface area (Å²) in [6, 6.07) is 37.4. The molecule has 6 aliphatic rings. The number of rotatable bonds is 8. The highest BCUT2D eigenvalue weighted by Gasteiger charge is 2.55. The predicted molar refractivity (Wildman–Crippen MR) is 278 cm³/mol. The lowest BCUT2D eigenvalue weighted by Gasteiger charge is -2.50. The third-order valence-corrected chi connectivity index (χ3v) is 16.3. The number of hydrogen-bond donors (Lipinski definition) is 4. The highest BCUT2D eigenvalue weighted by Crippen LogP contribution is 2.55. The Morgan fingerprint density at radius 3 is 1.58 bits per heavy atom. The Bertz CT molecular complexity index is 3410. The number of hydrogen-bond acceptors (Lipinski definition) is 8. The summed E-state index contributed by atoms with van der Waals surface area (Å²) < 4.78 is 28.5. The van der Waals surface area contributed by atoms with Gasteiger partial charge in [0.1, 0.15) is 17.5 Å². The van der Waals surface area contributed by atoms with E-state index >= 15 is 0 Å². The fourth-order valence-corrected chi connectivity index (χ4v) is 12.6. The molecule has 6 aromatic carbocycles. The molecule has 14 rings (SSSR count). The van der Waals surface area contributed by atoms with E-state index in [-0.39, 0.29) is 47.4 Å². The first-order chi connectivity index (χ1) is 33.4. The number of carbonyl (C=O) groups excluding carboxylic acids is 2. The van der Waals surface area contributed by atoms with E-state index < -0.39 is 10.8 Å². The van der Waals surface area contributed by atoms with Gasteiger partial charge in [-0.15, -0.1) is 22.7 Å². The number of thiazole rings is 2. The van der Waals surface area contributed by atoms with Crippen LogP contribution in [0.3, 0.4) is 0 Å². The molecule has 6 atom stereocenters. The molecule has 8 aromatic rings. The Kier molecular flexibility index (Phi) is 11.4. The molecule has 4 N–H and O–H groups in total. The van der Waals surface area contributed by atoms with Crippen LogP contribution >= 0.6 is 34.9 Å². The van der Waals surface area contributed by atoms with Gasteiger partial charge < -0.3 is 21.3 Å². The third kappa shape index (κ3) is 7.69. The van der Waals surface area contributed by atoms with Crippen LogP contribution in [0, 0.1) is 22.5 Å². The van der Waals surface area contributed by atoms with Crippen LogP contribution in [0.2, 0.25) is 0 Å². The Labute approximate surface area is 411 Å². The van der Waals surface area contributed by atoms with Gasteiger partial charge in [0.15, 0.2) is 10.3 Å². The lowest BCUT2D eigenvalue weighted by molar-refractivity contribution is -0.128. The molecule has 69 heavy (non-hydrogen) atoms. The summed E-state index contributed by atoms with van der Waals surface area (Å²) in [5.74, 6) is 0.453. The number of halogens is 2. The van der Waals surface area contributed by atoms with Crippen LogP contribution in [0.15, 0.2) is 137 Å². The van der Waals surface area contributed by atoms with Gasteiger partial charge >= 0.3 is 0 Å². The zero-order valence-corrected chi connectivity index (χ0v) is 40.4. The molecule has 2 fully saturated rings. The van der Waals surface area contributed by atoms with E-state index in [1.807, 2.05) is 79.2 Å². The van der Waals surface area contributed by atoms with Crippen molar-refractivity contribution in [1.29, 1.82) is 0 Å². The average Bonchev–Trinajstić information content (AvgIpc) is 4.04. The second kappa shape index (κ2) is 17.7. The summed E-state index contributed by atoms with van der Waals surface area (Å²) in [5, 5.41) is 20.7. The summed E-state index contributed by atoms with van der Waals surface area (Å²) in [7, 11) is 0. The number of carbonyl (C=O) groups is 2. The number of fused-ring (bicyclic) bond motifs is 6. The van der Waals surface area contributed by atoms with Crippen molar-refractivity contribution < 1.29 is 18.4 Å². The molecule has 9 nitrogen and oxygen atoms in total. The van der Waals surface area contributed by atoms with Gasteiger partial charge in [0.05, 0.1) is 39.3 Å². The minimum absolute atomic E-state index is 0.0365. The SMILES string of the molecule is CC1(C(=O)Nc2nc(-c3ccc(F)c4ccccc34)cs2)CC2C(=S)NC1c1ccccc12.CCCN=C1NC2c3ccccc3C1CC2(C)C(=O)Nc1nc(-c2ccc(F)c3ccccc23)cs1. The van der Waals surface area contributed by atoms with Crippen molar-refractivity contribution in [2.24, 2.45) is 15.8 Å². The number of piperidine rings is 2. The van der Waals surface area contributed by atoms with E-state index in [4.69, 9.17) is 22.2 Å². The number of nitrogens with zero attached hydrogens (tertiary/aromatic N) is 3. The van der Waals surface area contributed by atoms with Crippen LogP contribution in [0.5, 0.6) is 0 Å². The molecular formula is C55H47F2N7O2S3. The van der Waals surface area contributed by atoms with E-state index in [2.05, 4.69) is 63.5 Å². The summed E-state index contributed by atoms with van der Waals surface area (Å²) in [6.07, 6.45) is 2.34. The van der Waals surface area contributed by atoms with Crippen molar-refractivity contribution in [2.45, 2.75) is 64.0 Å². The quantitative estimate of drug-likeness (QED) is 0.112. The molecule has 14 heteroatoms. The van der Waals surface area contributed by atoms with Gasteiger partial charge in [0, 0.05) is 51.0 Å². The minimum atomic E-state index is -0.657. The number of anilines is 2. The second-order valence-electron chi connectivity index (χ2n) is 18.7. The first kappa shape index (κ1) is 44.7. The van der Waals surface area contributed by atoms with Crippen molar-refractivity contribution in [3.8, 4) is 22.5 Å². The summed E-state index contributed by atoms with van der Waals surface area (Å²) in [4.78, 5) is 42.2. The highest BCUT2D eigenvalue weighted by atomic mass is 32.1. The highest BCUT2D eigenvalue weighted by molar-refractivity contribution is 7.80. The molecule has 6 heterocycles. The van der Waals surface area contributed by atoms with E-state index in [0.717, 1.165) is 56.9 Å². The normalized spacial score (nSPS) is 23.4. The summed E-state index contributed by atoms with van der Waals surface area (Å²) in [6.45, 7) is 6.92. The third-order valence-electron chi connectivity index (χ3n) is 14.4. The Morgan fingerprint density at radius 1 is 0.638 bits per heavy atom. The van der Waals surface area contributed by atoms with Gasteiger partial charge in [-0.05, 0) is 90.4 Å². The second-order valence-corrected chi connectivity index (χ2v) is 20.8. The lowest BCUT2D eigenvalue weighted by atomic mass is 9.61. The average molecular weight is 972 g/mol. The van der Waals surface area contributed by atoms with Gasteiger partial charge in [-0.25, -0.2) is 18.7 Å². The van der Waals surface area contributed by atoms with Crippen molar-refractivity contribution >= 4 is 89.3 Å². The van der Waals surface area contributed by atoms with Gasteiger partial charge in [0.2, 0.25) is 11.8 Å². The molecule has 6 unspecified atom stereocenters. The van der Waals surface area contributed by atoms with Crippen molar-refractivity contribution in [2.75, 3.05) is 17.2 Å². The van der Waals surface area contributed by atoms with E-state index in [9.17, 15) is 18.4 Å². The lowest BCUT2D eigenvalue weighted by Crippen LogP contribution is -2.57. The molecule has 2 aliphatic carbocycles. The first-order valence-corrected chi connectivity index (χ1v) is 25.3. The molecule has 0 spiro atoms. The summed E-state index contributed by atoms with van der Waals surface area (Å²) >= 11 is 8.33. The van der Waals surface area contributed by atoms with Crippen molar-refractivity contribution in [1.82, 2.24) is 20.6 Å². The number of thiocarbonyl (C=S) groups is 1. The molecule has 4 bridgehead atoms. The number of aromatic nitrogens is 2. The zero-order valence-electron chi connectivity index (χ0n) is 38.0. The molecule has 2 amide bonds. The van der Waals surface area contributed by atoms with Crippen LogP contribution in [-0.4, -0.2) is 39.2 Å². The number of aliphatic imine (C=N–C) groups is 1. The van der Waals surface area contributed by atoms with Crippen LogP contribution in [0.4, 0.5) is 19.0 Å². The van der Waals surface area contributed by atoms with Crippen LogP contribution in [-0.2, 0) is 9.59 Å². The van der Waals surface area contributed by atoms with E-state index in [1.165, 1.54) is 51.5 Å². The van der Waals surface area contributed by atoms with Crippen LogP contribution in [0.1, 0.15) is 86.2 Å². The Hall–Kier alpha value is -6.74. The Morgan fingerprint density at radius 2 is 1.07 bits per heavy atom. The monoisotopic (exact) mass is 971 g/mol. The number of benzene rings is 6. The fraction of sp³-hybridized carbons (Fsp3) is 0.236. The van der Waals surface area contributed by atoms with Crippen LogP contribution < -0.4 is 21.3 Å². The molecule has 0 radical (unpaired) electrons. The standard InChI is InChI=1S/C29H27FN4OS.C26H20FN3OS2/c1-3-14-31-26-22-15-29(2,25(33-26)21-11-7-5-9-18(21)22)27(35)34-28-32-24(16-36-28)20-12-13-23(30)19-10-6-4-8-17(19)20;1-26(12-19-15-7-3-5-9-18(15)22(26)29-23(19)32)24(31)30-25-28-21(13-33-25)17-10-11-20(27)16-8-4-2-6-14(16)17/h4-13,16,22,25H,3,14-15H2,1-2H3,(H,31,33)(H,32,34,35);2-11,13,19,22H,12H2,1H3,(H,29,32)(H,28,30,31). The van der Waals surface area contributed by atoms with Crippen molar-refractivity contribution in [3.63, 3.8) is 0 Å². The Balaban J connectivity index is 0.000000151. The van der Waals surface area contributed by atoms with E-state index in [1.54, 1.807) is 24.3 Å². The number of nitrogens with one attached hydrogen (secondary N) is 4. The minimum Gasteiger partial charge on any atom is -0.371 e. The van der Waals surface area contributed by atoms with Gasteiger partial charge in [-0.1, -0.05) is 116 Å². The van der Waals surface area contributed by atoms with Gasteiger partial charge in [-0.3, -0.25) is 14.6 Å². The molecule has 346 valence electrons. The first-order valence-electron chi connectivity index (χ1n) is 23.1. The van der Waals surface area contributed by atoms with Gasteiger partial charge in [-0.2, -0.15) is 0 Å². The topological polar surface area (TPSA) is 120 Å². The molecule has 0 saturated carbocycles. The maximum atomic E-state index is 14.3. The summed E-state index contributed by atoms with van der Waals surface area (Å²) in [5.41, 5.74) is 6.60. The zero-order chi connectivity index (χ0) is 47.6. The molecule has 2 aromatic heterocycles. The molecule has 4 aliphatic heterocycles. The number of amidine groups is 1. The largest absolute Gasteiger partial charge is 0.371 e. The van der Waals surface area contributed by atoms with Crippen LogP contribution in [0.25, 0.3) is 44.1 Å². The maximum absolute atomic E-state index is 14.3. The smallest absolute Gasteiger partial charge is 0.234 e. The fourth-order valence-electron chi connectivity index (χ4n) is 10.8.